The Morgan fingerprint density at radius 3 is 2.62 bits per heavy atom. The summed E-state index contributed by atoms with van der Waals surface area (Å²) >= 11 is 1.83. The van der Waals surface area contributed by atoms with Gasteiger partial charge in [0.05, 0.1) is 0 Å². The van der Waals surface area contributed by atoms with Crippen LogP contribution in [-0.4, -0.2) is 0 Å². The zero-order valence-electron chi connectivity index (χ0n) is 12.0. The van der Waals surface area contributed by atoms with E-state index in [0.29, 0.717) is 0 Å². The second-order valence-electron chi connectivity index (χ2n) is 5.30. The van der Waals surface area contributed by atoms with E-state index in [-0.39, 0.29) is 6.04 Å². The highest BCUT2D eigenvalue weighted by Crippen LogP contribution is 2.24. The van der Waals surface area contributed by atoms with E-state index in [9.17, 15) is 0 Å². The molecule has 3 rings (SSSR count). The molecule has 3 aromatic rings. The van der Waals surface area contributed by atoms with Gasteiger partial charge in [0, 0.05) is 10.9 Å². The number of hydrogen-bond acceptors (Lipinski definition) is 3. The van der Waals surface area contributed by atoms with Gasteiger partial charge in [-0.25, -0.2) is 0 Å². The van der Waals surface area contributed by atoms with Crippen LogP contribution in [0, 0.1) is 0 Å². The van der Waals surface area contributed by atoms with Gasteiger partial charge in [0.25, 0.3) is 0 Å². The SMILES string of the molecule is NNC(CCCc1cccs1)c1ccc2ccccc2c1. The number of aryl methyl sites for hydroxylation is 1. The highest BCUT2D eigenvalue weighted by atomic mass is 32.1. The fourth-order valence-electron chi connectivity index (χ4n) is 2.71. The molecule has 0 fully saturated rings. The highest BCUT2D eigenvalue weighted by molar-refractivity contribution is 7.09. The van der Waals surface area contributed by atoms with Gasteiger partial charge in [0.2, 0.25) is 0 Å². The van der Waals surface area contributed by atoms with Crippen LogP contribution in [0.2, 0.25) is 0 Å². The monoisotopic (exact) mass is 296 g/mol. The summed E-state index contributed by atoms with van der Waals surface area (Å²) < 4.78 is 0. The lowest BCUT2D eigenvalue weighted by molar-refractivity contribution is 0.500. The molecule has 2 aromatic carbocycles. The lowest BCUT2D eigenvalue weighted by Crippen LogP contribution is -2.28. The van der Waals surface area contributed by atoms with Crippen LogP contribution in [-0.2, 0) is 6.42 Å². The van der Waals surface area contributed by atoms with Crippen LogP contribution in [0.15, 0.2) is 60.0 Å². The normalized spacial score (nSPS) is 12.6. The van der Waals surface area contributed by atoms with Crippen LogP contribution >= 0.6 is 11.3 Å². The van der Waals surface area contributed by atoms with E-state index < -0.39 is 0 Å². The maximum Gasteiger partial charge on any atom is 0.0460 e. The Kier molecular flexibility index (Phi) is 4.65. The first-order valence-corrected chi connectivity index (χ1v) is 8.22. The van der Waals surface area contributed by atoms with Crippen molar-refractivity contribution in [3.8, 4) is 0 Å². The molecule has 108 valence electrons. The molecule has 0 aliphatic heterocycles. The summed E-state index contributed by atoms with van der Waals surface area (Å²) in [4.78, 5) is 1.45. The fraction of sp³-hybridized carbons (Fsp3) is 0.222. The zero-order valence-corrected chi connectivity index (χ0v) is 12.8. The summed E-state index contributed by atoms with van der Waals surface area (Å²) in [5.41, 5.74) is 4.23. The maximum atomic E-state index is 5.76. The number of nitrogens with two attached hydrogens (primary N) is 1. The molecule has 1 atom stereocenters. The molecule has 1 aromatic heterocycles. The average molecular weight is 296 g/mol. The first kappa shape index (κ1) is 14.3. The van der Waals surface area contributed by atoms with Crippen molar-refractivity contribution < 1.29 is 0 Å². The standard InChI is InChI=1S/C18H20N2S/c19-20-18(9-3-7-17-8-4-12-21-17)16-11-10-14-5-1-2-6-15(14)13-16/h1-2,4-6,8,10-13,18,20H,3,7,9,19H2. The topological polar surface area (TPSA) is 38.0 Å². The van der Waals surface area contributed by atoms with Crippen molar-refractivity contribution in [3.63, 3.8) is 0 Å². The van der Waals surface area contributed by atoms with Crippen LogP contribution in [0.5, 0.6) is 0 Å². The molecule has 0 amide bonds. The van der Waals surface area contributed by atoms with Gasteiger partial charge in [-0.2, -0.15) is 0 Å². The number of rotatable bonds is 6. The van der Waals surface area contributed by atoms with E-state index in [2.05, 4.69) is 65.4 Å². The molecular weight excluding hydrogens is 276 g/mol. The third-order valence-corrected chi connectivity index (χ3v) is 4.81. The first-order valence-electron chi connectivity index (χ1n) is 7.34. The summed E-state index contributed by atoms with van der Waals surface area (Å²) in [5, 5.41) is 4.68. The summed E-state index contributed by atoms with van der Waals surface area (Å²) in [6.07, 6.45) is 3.32. The predicted molar refractivity (Wildman–Crippen MR) is 91.3 cm³/mol. The second-order valence-corrected chi connectivity index (χ2v) is 6.33. The van der Waals surface area contributed by atoms with Crippen molar-refractivity contribution in [2.24, 2.45) is 5.84 Å². The van der Waals surface area contributed by atoms with Gasteiger partial charge in [-0.1, -0.05) is 42.5 Å². The van der Waals surface area contributed by atoms with Crippen molar-refractivity contribution in [2.75, 3.05) is 0 Å². The van der Waals surface area contributed by atoms with Crippen molar-refractivity contribution in [1.29, 1.82) is 0 Å². The Labute approximate surface area is 129 Å². The Bertz CT molecular complexity index is 691. The number of nitrogens with one attached hydrogen (secondary N) is 1. The van der Waals surface area contributed by atoms with Crippen molar-refractivity contribution in [3.05, 3.63) is 70.4 Å². The van der Waals surface area contributed by atoms with Gasteiger partial charge in [-0.05, 0) is 53.1 Å². The highest BCUT2D eigenvalue weighted by Gasteiger charge is 2.10. The fourth-order valence-corrected chi connectivity index (χ4v) is 3.46. The largest absolute Gasteiger partial charge is 0.271 e. The molecule has 0 radical (unpaired) electrons. The van der Waals surface area contributed by atoms with E-state index in [1.54, 1.807) is 0 Å². The van der Waals surface area contributed by atoms with E-state index in [0.717, 1.165) is 19.3 Å². The zero-order chi connectivity index (χ0) is 14.5. The third-order valence-electron chi connectivity index (χ3n) is 3.87. The second kappa shape index (κ2) is 6.85. The van der Waals surface area contributed by atoms with Crippen LogP contribution < -0.4 is 11.3 Å². The van der Waals surface area contributed by atoms with Crippen molar-refractivity contribution in [2.45, 2.75) is 25.3 Å². The van der Waals surface area contributed by atoms with Crippen LogP contribution in [0.1, 0.15) is 29.3 Å². The summed E-state index contributed by atoms with van der Waals surface area (Å²) in [7, 11) is 0. The van der Waals surface area contributed by atoms with E-state index in [1.807, 2.05) is 11.3 Å². The van der Waals surface area contributed by atoms with Gasteiger partial charge < -0.3 is 0 Å². The molecule has 0 aliphatic rings. The lowest BCUT2D eigenvalue weighted by Gasteiger charge is -2.16. The molecule has 3 heteroatoms. The lowest BCUT2D eigenvalue weighted by atomic mass is 9.98. The molecule has 3 N–H and O–H groups in total. The molecule has 0 aliphatic carbocycles. The van der Waals surface area contributed by atoms with Crippen molar-refractivity contribution in [1.82, 2.24) is 5.43 Å². The molecule has 21 heavy (non-hydrogen) atoms. The summed E-state index contributed by atoms with van der Waals surface area (Å²) in [6.45, 7) is 0. The molecule has 0 saturated carbocycles. The quantitative estimate of drug-likeness (QED) is 0.521. The van der Waals surface area contributed by atoms with E-state index >= 15 is 0 Å². The Morgan fingerprint density at radius 1 is 1.00 bits per heavy atom. The third kappa shape index (κ3) is 3.50. The van der Waals surface area contributed by atoms with Gasteiger partial charge >= 0.3 is 0 Å². The van der Waals surface area contributed by atoms with Crippen LogP contribution in [0.4, 0.5) is 0 Å². The average Bonchev–Trinajstić information content (AvgIpc) is 3.04. The molecule has 0 saturated heterocycles. The van der Waals surface area contributed by atoms with Gasteiger partial charge in [0.1, 0.15) is 0 Å². The van der Waals surface area contributed by atoms with Gasteiger partial charge in [0.15, 0.2) is 0 Å². The van der Waals surface area contributed by atoms with Crippen molar-refractivity contribution >= 4 is 22.1 Å². The molecule has 1 unspecified atom stereocenters. The molecular formula is C18H20N2S. The summed E-state index contributed by atoms with van der Waals surface area (Å²) in [5.74, 6) is 5.76. The Hall–Kier alpha value is -1.68. The minimum Gasteiger partial charge on any atom is -0.271 e. The van der Waals surface area contributed by atoms with Crippen LogP contribution in [0.3, 0.4) is 0 Å². The Morgan fingerprint density at radius 2 is 1.86 bits per heavy atom. The smallest absolute Gasteiger partial charge is 0.0460 e. The van der Waals surface area contributed by atoms with Crippen LogP contribution in [0.25, 0.3) is 10.8 Å². The minimum absolute atomic E-state index is 0.217. The van der Waals surface area contributed by atoms with Gasteiger partial charge in [-0.15, -0.1) is 11.3 Å². The number of hydrazine groups is 1. The minimum atomic E-state index is 0.217. The molecule has 0 bridgehead atoms. The molecule has 0 spiro atoms. The number of thiophene rings is 1. The van der Waals surface area contributed by atoms with E-state index in [4.69, 9.17) is 5.84 Å². The number of benzene rings is 2. The first-order chi connectivity index (χ1) is 10.4. The number of hydrogen-bond donors (Lipinski definition) is 2. The Balaban J connectivity index is 1.68. The number of fused-ring (bicyclic) bond motifs is 1. The predicted octanol–water partition coefficient (Wildman–Crippen LogP) is 4.43. The molecule has 1 heterocycles. The summed E-state index contributed by atoms with van der Waals surface area (Å²) in [6, 6.07) is 19.6. The van der Waals surface area contributed by atoms with E-state index in [1.165, 1.54) is 21.2 Å². The van der Waals surface area contributed by atoms with Gasteiger partial charge in [-0.3, -0.25) is 11.3 Å². The maximum absolute atomic E-state index is 5.76. The molecule has 2 nitrogen and oxygen atoms in total.